The standard InChI is InChI=1S/C44H39NS/c1-2-12-30-44(31-13-3-1,35-16-8-5-9-17-35)36-22-26-38(27-23-36)45(37-24-20-34(21-25-37)33-14-6-4-7-15-33)39-28-29-41-40-18-10-11-19-42(40)46-43(41)32-39/h4-11,14-29,32H,1-3,12-13,30-31H2. The van der Waals surface area contributed by atoms with Crippen molar-refractivity contribution in [2.24, 2.45) is 0 Å². The Labute approximate surface area is 276 Å². The van der Waals surface area contributed by atoms with Crippen molar-refractivity contribution in [3.05, 3.63) is 163 Å². The van der Waals surface area contributed by atoms with Crippen LogP contribution >= 0.6 is 11.3 Å². The summed E-state index contributed by atoms with van der Waals surface area (Å²) in [6, 6.07) is 56.3. The van der Waals surface area contributed by atoms with Crippen LogP contribution in [0.2, 0.25) is 0 Å². The summed E-state index contributed by atoms with van der Waals surface area (Å²) in [6.45, 7) is 0. The lowest BCUT2D eigenvalue weighted by atomic mass is 9.67. The number of hydrogen-bond donors (Lipinski definition) is 0. The molecule has 1 fully saturated rings. The highest BCUT2D eigenvalue weighted by molar-refractivity contribution is 7.25. The van der Waals surface area contributed by atoms with Gasteiger partial charge in [0, 0.05) is 42.6 Å². The maximum absolute atomic E-state index is 2.43. The first-order valence-electron chi connectivity index (χ1n) is 16.8. The maximum atomic E-state index is 2.43. The van der Waals surface area contributed by atoms with Crippen LogP contribution in [0.15, 0.2) is 152 Å². The second kappa shape index (κ2) is 12.6. The highest BCUT2D eigenvalue weighted by atomic mass is 32.1. The van der Waals surface area contributed by atoms with Gasteiger partial charge in [0.25, 0.3) is 0 Å². The van der Waals surface area contributed by atoms with E-state index in [-0.39, 0.29) is 5.41 Å². The maximum Gasteiger partial charge on any atom is 0.0476 e. The van der Waals surface area contributed by atoms with E-state index in [9.17, 15) is 0 Å². The van der Waals surface area contributed by atoms with Crippen LogP contribution in [-0.2, 0) is 5.41 Å². The Morgan fingerprint density at radius 1 is 0.413 bits per heavy atom. The zero-order chi connectivity index (χ0) is 30.8. The van der Waals surface area contributed by atoms with Gasteiger partial charge in [-0.25, -0.2) is 0 Å². The van der Waals surface area contributed by atoms with Crippen molar-refractivity contribution in [3.63, 3.8) is 0 Å². The molecule has 0 aliphatic heterocycles. The van der Waals surface area contributed by atoms with Crippen molar-refractivity contribution in [2.45, 2.75) is 50.4 Å². The summed E-state index contributed by atoms with van der Waals surface area (Å²) in [5.74, 6) is 0. The number of anilines is 3. The Bertz CT molecular complexity index is 2050. The van der Waals surface area contributed by atoms with Gasteiger partial charge in [-0.05, 0) is 77.6 Å². The lowest BCUT2D eigenvalue weighted by molar-refractivity contribution is 0.366. The first kappa shape index (κ1) is 28.8. The molecule has 8 rings (SSSR count). The third-order valence-corrected chi connectivity index (χ3v) is 11.2. The first-order valence-corrected chi connectivity index (χ1v) is 17.6. The van der Waals surface area contributed by atoms with E-state index in [0.29, 0.717) is 0 Å². The summed E-state index contributed by atoms with van der Waals surface area (Å²) in [7, 11) is 0. The second-order valence-corrected chi connectivity index (χ2v) is 13.9. The highest BCUT2D eigenvalue weighted by Gasteiger charge is 2.34. The lowest BCUT2D eigenvalue weighted by Crippen LogP contribution is -2.29. The van der Waals surface area contributed by atoms with Crippen LogP contribution in [0.5, 0.6) is 0 Å². The molecule has 226 valence electrons. The van der Waals surface area contributed by atoms with Crippen molar-refractivity contribution < 1.29 is 0 Å². The quantitative estimate of drug-likeness (QED) is 0.180. The third kappa shape index (κ3) is 5.42. The molecule has 0 bridgehead atoms. The number of hydrogen-bond acceptors (Lipinski definition) is 2. The minimum Gasteiger partial charge on any atom is -0.310 e. The molecule has 0 radical (unpaired) electrons. The summed E-state index contributed by atoms with van der Waals surface area (Å²) in [4.78, 5) is 2.43. The fourth-order valence-corrected chi connectivity index (χ4v) is 8.81. The van der Waals surface area contributed by atoms with Crippen molar-refractivity contribution in [1.29, 1.82) is 0 Å². The molecule has 0 saturated heterocycles. The monoisotopic (exact) mass is 613 g/mol. The fourth-order valence-electron chi connectivity index (χ4n) is 7.67. The molecule has 1 aliphatic carbocycles. The molecule has 0 spiro atoms. The van der Waals surface area contributed by atoms with Gasteiger partial charge in [0.2, 0.25) is 0 Å². The van der Waals surface area contributed by atoms with E-state index < -0.39 is 0 Å². The number of rotatable bonds is 6. The number of thiophene rings is 1. The molecule has 7 aromatic rings. The van der Waals surface area contributed by atoms with E-state index in [1.54, 1.807) is 0 Å². The summed E-state index contributed by atoms with van der Waals surface area (Å²) >= 11 is 1.88. The predicted molar refractivity (Wildman–Crippen MR) is 199 cm³/mol. The van der Waals surface area contributed by atoms with Crippen molar-refractivity contribution in [3.8, 4) is 11.1 Å². The van der Waals surface area contributed by atoms with E-state index in [1.807, 2.05) is 11.3 Å². The molecule has 1 aliphatic rings. The lowest BCUT2D eigenvalue weighted by Gasteiger charge is -2.37. The van der Waals surface area contributed by atoms with Crippen LogP contribution in [0, 0.1) is 0 Å². The van der Waals surface area contributed by atoms with Crippen LogP contribution in [0.4, 0.5) is 17.1 Å². The van der Waals surface area contributed by atoms with E-state index in [4.69, 9.17) is 0 Å². The number of nitrogens with zero attached hydrogens (tertiary/aromatic N) is 1. The number of benzene rings is 6. The van der Waals surface area contributed by atoms with Crippen LogP contribution < -0.4 is 4.90 Å². The van der Waals surface area contributed by atoms with Gasteiger partial charge in [-0.1, -0.05) is 141 Å². The molecule has 0 N–H and O–H groups in total. The van der Waals surface area contributed by atoms with E-state index in [0.717, 1.165) is 5.69 Å². The Kier molecular flexibility index (Phi) is 7.90. The van der Waals surface area contributed by atoms with Crippen LogP contribution in [0.25, 0.3) is 31.3 Å². The number of fused-ring (bicyclic) bond motifs is 3. The van der Waals surface area contributed by atoms with Gasteiger partial charge in [0.05, 0.1) is 0 Å². The molecule has 1 saturated carbocycles. The molecular formula is C44H39NS. The zero-order valence-corrected chi connectivity index (χ0v) is 27.1. The molecule has 2 heteroatoms. The Morgan fingerprint density at radius 2 is 0.935 bits per heavy atom. The first-order chi connectivity index (χ1) is 22.8. The molecule has 0 amide bonds. The van der Waals surface area contributed by atoms with Gasteiger partial charge in [0.15, 0.2) is 0 Å². The van der Waals surface area contributed by atoms with Crippen molar-refractivity contribution in [1.82, 2.24) is 0 Å². The largest absolute Gasteiger partial charge is 0.310 e. The van der Waals surface area contributed by atoms with Crippen molar-refractivity contribution in [2.75, 3.05) is 4.90 Å². The second-order valence-electron chi connectivity index (χ2n) is 12.8. The molecule has 1 heterocycles. The zero-order valence-electron chi connectivity index (χ0n) is 26.2. The molecule has 6 aromatic carbocycles. The highest BCUT2D eigenvalue weighted by Crippen LogP contribution is 2.45. The molecule has 46 heavy (non-hydrogen) atoms. The van der Waals surface area contributed by atoms with Gasteiger partial charge in [0.1, 0.15) is 0 Å². The Hall–Kier alpha value is -4.66. The van der Waals surface area contributed by atoms with Gasteiger partial charge >= 0.3 is 0 Å². The Morgan fingerprint density at radius 3 is 1.65 bits per heavy atom. The van der Waals surface area contributed by atoms with Crippen molar-refractivity contribution >= 4 is 48.6 Å². The van der Waals surface area contributed by atoms with Gasteiger partial charge in [-0.3, -0.25) is 0 Å². The van der Waals surface area contributed by atoms with Gasteiger partial charge in [-0.2, -0.15) is 0 Å². The molecular weight excluding hydrogens is 575 g/mol. The average Bonchev–Trinajstić information content (AvgIpc) is 3.48. The average molecular weight is 614 g/mol. The Balaban J connectivity index is 1.23. The summed E-state index contributed by atoms with van der Waals surface area (Å²) < 4.78 is 2.65. The van der Waals surface area contributed by atoms with E-state index >= 15 is 0 Å². The predicted octanol–water partition coefficient (Wildman–Crippen LogP) is 13.2. The fraction of sp³-hybridized carbons (Fsp3) is 0.182. The van der Waals surface area contributed by atoms with Gasteiger partial charge < -0.3 is 4.90 Å². The van der Waals surface area contributed by atoms with Crippen LogP contribution in [-0.4, -0.2) is 0 Å². The minimum absolute atomic E-state index is 0.0678. The van der Waals surface area contributed by atoms with Crippen LogP contribution in [0.3, 0.4) is 0 Å². The van der Waals surface area contributed by atoms with E-state index in [1.165, 1.54) is 98.7 Å². The summed E-state index contributed by atoms with van der Waals surface area (Å²) in [5.41, 5.74) is 8.98. The molecule has 0 atom stereocenters. The normalized spacial score (nSPS) is 15.0. The molecule has 1 aromatic heterocycles. The summed E-state index contributed by atoms with van der Waals surface area (Å²) in [6.07, 6.45) is 9.02. The van der Waals surface area contributed by atoms with Crippen LogP contribution in [0.1, 0.15) is 56.1 Å². The molecule has 1 nitrogen and oxygen atoms in total. The topological polar surface area (TPSA) is 3.24 Å². The van der Waals surface area contributed by atoms with Gasteiger partial charge in [-0.15, -0.1) is 11.3 Å². The minimum atomic E-state index is 0.0678. The van der Waals surface area contributed by atoms with E-state index in [2.05, 4.69) is 157 Å². The SMILES string of the molecule is c1ccc(-c2ccc(N(c3ccc(C4(c5ccccc5)CCCCCCC4)cc3)c3ccc4c(c3)sc3ccccc34)cc2)cc1. The smallest absolute Gasteiger partial charge is 0.0476 e. The third-order valence-electron chi connectivity index (χ3n) is 10.1. The molecule has 0 unspecified atom stereocenters. The summed E-state index contributed by atoms with van der Waals surface area (Å²) in [5, 5.41) is 2.66.